The number of nitrogens with zero attached hydrogens (tertiary/aromatic N) is 3. The molecule has 1 N–H and O–H groups in total. The molecule has 0 saturated carbocycles. The second-order valence-corrected chi connectivity index (χ2v) is 7.72. The molecular weight excluding hydrogens is 392 g/mol. The van der Waals surface area contributed by atoms with Gasteiger partial charge in [-0.1, -0.05) is 48.2 Å². The first kappa shape index (κ1) is 18.4. The fourth-order valence-electron chi connectivity index (χ4n) is 2.46. The first-order valence-electron chi connectivity index (χ1n) is 8.56. The van der Waals surface area contributed by atoms with Gasteiger partial charge in [-0.3, -0.25) is 4.79 Å². The van der Waals surface area contributed by atoms with Gasteiger partial charge in [-0.15, -0.1) is 21.5 Å². The van der Waals surface area contributed by atoms with Gasteiger partial charge in [-0.25, -0.2) is 4.98 Å². The summed E-state index contributed by atoms with van der Waals surface area (Å²) in [5.41, 5.74) is 2.56. The zero-order valence-corrected chi connectivity index (χ0v) is 16.4. The summed E-state index contributed by atoms with van der Waals surface area (Å²) in [6.45, 7) is 0. The average Bonchev–Trinajstić information content (AvgIpc) is 3.37. The molecule has 6 nitrogen and oxygen atoms in total. The fourth-order valence-corrected chi connectivity index (χ4v) is 4.02. The molecule has 0 fully saturated rings. The van der Waals surface area contributed by atoms with Gasteiger partial charge < -0.3 is 9.73 Å². The third kappa shape index (κ3) is 4.85. The predicted octanol–water partition coefficient (Wildman–Crippen LogP) is 4.67. The summed E-state index contributed by atoms with van der Waals surface area (Å²) in [7, 11) is 0. The van der Waals surface area contributed by atoms with Crippen molar-refractivity contribution in [2.24, 2.45) is 0 Å². The molecule has 0 atom stereocenters. The number of thiazole rings is 1. The van der Waals surface area contributed by atoms with Gasteiger partial charge in [-0.05, 0) is 24.3 Å². The van der Waals surface area contributed by atoms with Gasteiger partial charge in [0.05, 0.1) is 12.1 Å². The number of hydrogen-bond acceptors (Lipinski definition) is 7. The highest BCUT2D eigenvalue weighted by molar-refractivity contribution is 7.98. The zero-order valence-electron chi connectivity index (χ0n) is 14.7. The highest BCUT2D eigenvalue weighted by Gasteiger charge is 2.12. The lowest BCUT2D eigenvalue weighted by atomic mass is 10.2. The molecule has 0 saturated heterocycles. The van der Waals surface area contributed by atoms with Gasteiger partial charge in [-0.2, -0.15) is 0 Å². The highest BCUT2D eigenvalue weighted by atomic mass is 32.2. The molecule has 2 heterocycles. The molecule has 0 unspecified atom stereocenters. The monoisotopic (exact) mass is 408 g/mol. The topological polar surface area (TPSA) is 80.9 Å². The van der Waals surface area contributed by atoms with E-state index in [1.807, 2.05) is 66.0 Å². The van der Waals surface area contributed by atoms with E-state index in [1.54, 1.807) is 0 Å². The number of benzene rings is 2. The van der Waals surface area contributed by atoms with Crippen LogP contribution in [0, 0.1) is 0 Å². The lowest BCUT2D eigenvalue weighted by Crippen LogP contribution is -2.14. The van der Waals surface area contributed by atoms with Crippen molar-refractivity contribution in [3.63, 3.8) is 0 Å². The normalized spacial score (nSPS) is 10.7. The molecule has 2 aromatic carbocycles. The molecule has 28 heavy (non-hydrogen) atoms. The summed E-state index contributed by atoms with van der Waals surface area (Å²) in [6, 6.07) is 19.0. The third-order valence-corrected chi connectivity index (χ3v) is 5.49. The van der Waals surface area contributed by atoms with Crippen molar-refractivity contribution in [3.05, 3.63) is 76.7 Å². The number of nitrogens with one attached hydrogen (secondary N) is 1. The number of aromatic nitrogens is 3. The Labute approximate surface area is 170 Å². The van der Waals surface area contributed by atoms with Crippen LogP contribution in [0.2, 0.25) is 0 Å². The van der Waals surface area contributed by atoms with Crippen molar-refractivity contribution in [1.82, 2.24) is 15.2 Å². The van der Waals surface area contributed by atoms with Crippen LogP contribution in [0.1, 0.15) is 10.7 Å². The summed E-state index contributed by atoms with van der Waals surface area (Å²) in [5, 5.41) is 14.2. The molecule has 4 rings (SSSR count). The lowest BCUT2D eigenvalue weighted by molar-refractivity contribution is -0.115. The number of anilines is 1. The van der Waals surface area contributed by atoms with Gasteiger partial charge in [0, 0.05) is 22.4 Å². The summed E-state index contributed by atoms with van der Waals surface area (Å²) in [6.07, 6.45) is 0.253. The smallest absolute Gasteiger partial charge is 0.277 e. The SMILES string of the molecule is O=C(Cc1nc(CSc2nnc(-c3ccccc3)o2)cs1)Nc1ccccc1. The molecule has 8 heteroatoms. The van der Waals surface area contributed by atoms with Crippen LogP contribution in [0.4, 0.5) is 5.69 Å². The number of para-hydroxylation sites is 1. The quantitative estimate of drug-likeness (QED) is 0.448. The Morgan fingerprint density at radius 2 is 1.79 bits per heavy atom. The molecule has 0 bridgehead atoms. The maximum atomic E-state index is 12.1. The van der Waals surface area contributed by atoms with Crippen molar-refractivity contribution in [2.75, 3.05) is 5.32 Å². The summed E-state index contributed by atoms with van der Waals surface area (Å²) >= 11 is 2.90. The molecule has 140 valence electrons. The standard InChI is InChI=1S/C20H16N4O2S2/c25-17(21-15-9-5-2-6-10-15)11-18-22-16(12-27-18)13-28-20-24-23-19(26-20)14-7-3-1-4-8-14/h1-10,12H,11,13H2,(H,21,25). The van der Waals surface area contributed by atoms with Crippen LogP contribution in [0.5, 0.6) is 0 Å². The Bertz CT molecular complexity index is 1050. The van der Waals surface area contributed by atoms with E-state index in [9.17, 15) is 4.79 Å². The highest BCUT2D eigenvalue weighted by Crippen LogP contribution is 2.26. The Balaban J connectivity index is 1.30. The molecule has 1 amide bonds. The van der Waals surface area contributed by atoms with E-state index in [0.717, 1.165) is 22.0 Å². The van der Waals surface area contributed by atoms with E-state index >= 15 is 0 Å². The lowest BCUT2D eigenvalue weighted by Gasteiger charge is -2.02. The van der Waals surface area contributed by atoms with Gasteiger partial charge >= 0.3 is 0 Å². The van der Waals surface area contributed by atoms with Crippen LogP contribution >= 0.6 is 23.1 Å². The van der Waals surface area contributed by atoms with Gasteiger partial charge in [0.2, 0.25) is 11.8 Å². The Hall–Kier alpha value is -2.97. The zero-order chi connectivity index (χ0) is 19.2. The number of amides is 1. The second-order valence-electron chi connectivity index (χ2n) is 5.85. The summed E-state index contributed by atoms with van der Waals surface area (Å²) in [5.74, 6) is 1.02. The largest absolute Gasteiger partial charge is 0.411 e. The second kappa shape index (κ2) is 8.81. The average molecular weight is 409 g/mol. The van der Waals surface area contributed by atoms with Crippen LogP contribution in [0.3, 0.4) is 0 Å². The fraction of sp³-hybridized carbons (Fsp3) is 0.100. The van der Waals surface area contributed by atoms with E-state index in [2.05, 4.69) is 20.5 Å². The van der Waals surface area contributed by atoms with Crippen molar-refractivity contribution in [2.45, 2.75) is 17.4 Å². The van der Waals surface area contributed by atoms with E-state index in [0.29, 0.717) is 16.9 Å². The number of carbonyl (C=O) groups excluding carboxylic acids is 1. The van der Waals surface area contributed by atoms with Crippen LogP contribution in [0.15, 0.2) is 75.7 Å². The van der Waals surface area contributed by atoms with Crippen molar-refractivity contribution >= 4 is 34.7 Å². The van der Waals surface area contributed by atoms with Crippen molar-refractivity contribution in [3.8, 4) is 11.5 Å². The maximum Gasteiger partial charge on any atom is 0.277 e. The van der Waals surface area contributed by atoms with Crippen molar-refractivity contribution < 1.29 is 9.21 Å². The van der Waals surface area contributed by atoms with Crippen LogP contribution in [-0.2, 0) is 17.0 Å². The van der Waals surface area contributed by atoms with E-state index in [4.69, 9.17) is 4.42 Å². The van der Waals surface area contributed by atoms with Crippen LogP contribution in [-0.4, -0.2) is 21.1 Å². The Morgan fingerprint density at radius 3 is 2.57 bits per heavy atom. The summed E-state index contributed by atoms with van der Waals surface area (Å²) < 4.78 is 5.68. The molecule has 0 aliphatic rings. The molecule has 0 spiro atoms. The molecular formula is C20H16N4O2S2. The Morgan fingerprint density at radius 1 is 1.04 bits per heavy atom. The minimum absolute atomic E-state index is 0.0795. The van der Waals surface area contributed by atoms with Crippen LogP contribution < -0.4 is 5.32 Å². The van der Waals surface area contributed by atoms with E-state index in [1.165, 1.54) is 23.1 Å². The van der Waals surface area contributed by atoms with Gasteiger partial charge in [0.1, 0.15) is 5.01 Å². The number of thioether (sulfide) groups is 1. The maximum absolute atomic E-state index is 12.1. The predicted molar refractivity (Wildman–Crippen MR) is 110 cm³/mol. The Kier molecular flexibility index (Phi) is 5.79. The first-order valence-corrected chi connectivity index (χ1v) is 10.4. The van der Waals surface area contributed by atoms with Gasteiger partial charge in [0.25, 0.3) is 5.22 Å². The first-order chi connectivity index (χ1) is 13.8. The van der Waals surface area contributed by atoms with Crippen molar-refractivity contribution in [1.29, 1.82) is 0 Å². The molecule has 0 radical (unpaired) electrons. The molecule has 4 aromatic rings. The minimum atomic E-state index is -0.0795. The third-order valence-electron chi connectivity index (χ3n) is 3.74. The van der Waals surface area contributed by atoms with Gasteiger partial charge in [0.15, 0.2) is 0 Å². The van der Waals surface area contributed by atoms with Crippen LogP contribution in [0.25, 0.3) is 11.5 Å². The number of rotatable bonds is 7. The number of hydrogen-bond donors (Lipinski definition) is 1. The molecule has 0 aliphatic heterocycles. The van der Waals surface area contributed by atoms with E-state index < -0.39 is 0 Å². The summed E-state index contributed by atoms with van der Waals surface area (Å²) in [4.78, 5) is 16.6. The molecule has 0 aliphatic carbocycles. The number of carbonyl (C=O) groups is 1. The molecule has 2 aromatic heterocycles. The van der Waals surface area contributed by atoms with E-state index in [-0.39, 0.29) is 12.3 Å². The minimum Gasteiger partial charge on any atom is -0.411 e.